The number of fused-ring (bicyclic) bond motifs is 2. The van der Waals surface area contributed by atoms with Crippen molar-refractivity contribution in [1.29, 1.82) is 0 Å². The average molecular weight is 420 g/mol. The molecule has 3 rings (SSSR count). The van der Waals surface area contributed by atoms with Crippen molar-refractivity contribution < 1.29 is 38.4 Å². The Bertz CT molecular complexity index is 825. The summed E-state index contributed by atoms with van der Waals surface area (Å²) in [5.41, 5.74) is 0.605. The Balaban J connectivity index is 1.97. The molecule has 2 fully saturated rings. The third-order valence-electron chi connectivity index (χ3n) is 5.95. The van der Waals surface area contributed by atoms with Gasteiger partial charge in [-0.1, -0.05) is 6.58 Å². The summed E-state index contributed by atoms with van der Waals surface area (Å²) in [6.07, 6.45) is 1.75. The van der Waals surface area contributed by atoms with Crippen LogP contribution in [0.25, 0.3) is 0 Å². The minimum atomic E-state index is -0.715. The van der Waals surface area contributed by atoms with E-state index in [2.05, 4.69) is 6.58 Å². The Hall–Kier alpha value is -2.45. The van der Waals surface area contributed by atoms with Crippen molar-refractivity contribution in [3.63, 3.8) is 0 Å². The highest BCUT2D eigenvalue weighted by molar-refractivity contribution is 5.92. The maximum atomic E-state index is 12.5. The van der Waals surface area contributed by atoms with Crippen molar-refractivity contribution in [2.75, 3.05) is 6.61 Å². The monoisotopic (exact) mass is 420 g/mol. The van der Waals surface area contributed by atoms with Crippen LogP contribution >= 0.6 is 0 Å². The zero-order chi connectivity index (χ0) is 22.2. The van der Waals surface area contributed by atoms with E-state index in [1.54, 1.807) is 19.9 Å². The maximum absolute atomic E-state index is 12.5. The molecule has 2 aliphatic heterocycles. The number of epoxide rings is 1. The normalized spacial score (nSPS) is 37.8. The van der Waals surface area contributed by atoms with Crippen LogP contribution in [0.15, 0.2) is 35.5 Å². The van der Waals surface area contributed by atoms with E-state index in [0.717, 1.165) is 5.57 Å². The van der Waals surface area contributed by atoms with Crippen LogP contribution < -0.4 is 0 Å². The number of esters is 3. The highest BCUT2D eigenvalue weighted by Gasteiger charge is 2.58. The van der Waals surface area contributed by atoms with Crippen LogP contribution in [0.3, 0.4) is 0 Å². The molecule has 0 radical (unpaired) electrons. The van der Waals surface area contributed by atoms with Gasteiger partial charge in [-0.15, -0.1) is 0 Å². The molecular weight excluding hydrogens is 392 g/mol. The van der Waals surface area contributed by atoms with Gasteiger partial charge in [0.25, 0.3) is 0 Å². The first-order valence-electron chi connectivity index (χ1n) is 9.97. The SMILES string of the molecule is C=C1C(=O)O[C@@H]2/C=C(/C)[C@H](OC(C)=O)C[C@H]3O[C@]3(C)C[C@@H](OC(=O)/C(C)=C\CO)[C@@H]12. The molecule has 164 valence electrons. The largest absolute Gasteiger partial charge is 0.458 e. The second-order valence-corrected chi connectivity index (χ2v) is 8.30. The van der Waals surface area contributed by atoms with Crippen LogP contribution in [-0.2, 0) is 33.3 Å². The Morgan fingerprint density at radius 3 is 2.70 bits per heavy atom. The molecule has 0 aromatic heterocycles. The van der Waals surface area contributed by atoms with Gasteiger partial charge in [0.15, 0.2) is 0 Å². The number of aliphatic hydroxyl groups excluding tert-OH is 1. The number of hydrogen-bond acceptors (Lipinski definition) is 8. The van der Waals surface area contributed by atoms with E-state index < -0.39 is 47.7 Å². The zero-order valence-electron chi connectivity index (χ0n) is 17.7. The van der Waals surface area contributed by atoms with Gasteiger partial charge in [0.1, 0.15) is 18.3 Å². The minimum Gasteiger partial charge on any atom is -0.458 e. The summed E-state index contributed by atoms with van der Waals surface area (Å²) in [5.74, 6) is -2.15. The van der Waals surface area contributed by atoms with Gasteiger partial charge < -0.3 is 24.1 Å². The summed E-state index contributed by atoms with van der Waals surface area (Å²) in [7, 11) is 0. The van der Waals surface area contributed by atoms with Crippen molar-refractivity contribution in [3.05, 3.63) is 35.5 Å². The van der Waals surface area contributed by atoms with Gasteiger partial charge in [-0.25, -0.2) is 9.59 Å². The summed E-state index contributed by atoms with van der Waals surface area (Å²) in [6, 6.07) is 0. The lowest BCUT2D eigenvalue weighted by molar-refractivity contribution is -0.149. The first kappa shape index (κ1) is 22.2. The Morgan fingerprint density at radius 1 is 1.37 bits per heavy atom. The molecule has 0 aromatic rings. The van der Waals surface area contributed by atoms with E-state index in [9.17, 15) is 14.4 Å². The first-order chi connectivity index (χ1) is 14.1. The van der Waals surface area contributed by atoms with Crippen LogP contribution in [0.1, 0.15) is 40.5 Å². The Labute approximate surface area is 175 Å². The fraction of sp³-hybridized carbons (Fsp3) is 0.591. The van der Waals surface area contributed by atoms with Crippen LogP contribution in [0.4, 0.5) is 0 Å². The number of hydrogen-bond donors (Lipinski definition) is 1. The molecule has 2 saturated heterocycles. The predicted molar refractivity (Wildman–Crippen MR) is 105 cm³/mol. The van der Waals surface area contributed by atoms with Crippen molar-refractivity contribution in [3.8, 4) is 0 Å². The molecule has 6 atom stereocenters. The Morgan fingerprint density at radius 2 is 2.07 bits per heavy atom. The molecule has 0 bridgehead atoms. The lowest BCUT2D eigenvalue weighted by Gasteiger charge is -2.29. The zero-order valence-corrected chi connectivity index (χ0v) is 17.7. The molecule has 2 heterocycles. The van der Waals surface area contributed by atoms with E-state index in [-0.39, 0.29) is 23.9 Å². The molecule has 3 aliphatic rings. The van der Waals surface area contributed by atoms with Crippen molar-refractivity contribution in [2.45, 2.75) is 70.6 Å². The fourth-order valence-corrected chi connectivity index (χ4v) is 4.13. The highest BCUT2D eigenvalue weighted by Crippen LogP contribution is 2.48. The van der Waals surface area contributed by atoms with Crippen LogP contribution in [-0.4, -0.2) is 59.6 Å². The standard InChI is InChI=1S/C22H28O8/c1-11(6-7-23)20(25)29-17-10-22(5)18(30-22)9-15(27-14(4)24)12(2)8-16-19(17)13(3)21(26)28-16/h6,8,15-19,23H,3,7,9-10H2,1-2,4-5H3/b11-6-,12-8-/t15-,16-,17-,18-,19+,22-/m1/s1. The smallest absolute Gasteiger partial charge is 0.334 e. The number of aliphatic hydroxyl groups is 1. The van der Waals surface area contributed by atoms with Crippen LogP contribution in [0, 0.1) is 5.92 Å². The van der Waals surface area contributed by atoms with Gasteiger partial charge in [0.2, 0.25) is 0 Å². The van der Waals surface area contributed by atoms with E-state index in [1.165, 1.54) is 13.0 Å². The number of ether oxygens (including phenoxy) is 4. The molecule has 0 unspecified atom stereocenters. The third kappa shape index (κ3) is 4.49. The second-order valence-electron chi connectivity index (χ2n) is 8.30. The highest BCUT2D eigenvalue weighted by atomic mass is 16.6. The predicted octanol–water partition coefficient (Wildman–Crippen LogP) is 1.76. The minimum absolute atomic E-state index is 0.191. The second kappa shape index (κ2) is 8.35. The average Bonchev–Trinajstić information content (AvgIpc) is 3.18. The molecular formula is C22H28O8. The summed E-state index contributed by atoms with van der Waals surface area (Å²) in [5, 5.41) is 9.05. The lowest BCUT2D eigenvalue weighted by atomic mass is 9.82. The van der Waals surface area contributed by atoms with E-state index in [4.69, 9.17) is 24.1 Å². The Kier molecular flexibility index (Phi) is 6.19. The van der Waals surface area contributed by atoms with Gasteiger partial charge in [0.05, 0.1) is 24.2 Å². The van der Waals surface area contributed by atoms with E-state index >= 15 is 0 Å². The molecule has 8 nitrogen and oxygen atoms in total. The third-order valence-corrected chi connectivity index (χ3v) is 5.95. The van der Waals surface area contributed by atoms with E-state index in [0.29, 0.717) is 12.8 Å². The molecule has 0 saturated carbocycles. The van der Waals surface area contributed by atoms with Crippen molar-refractivity contribution >= 4 is 17.9 Å². The maximum Gasteiger partial charge on any atom is 0.334 e. The summed E-state index contributed by atoms with van der Waals surface area (Å²) in [6.45, 7) is 10.2. The first-order valence-corrected chi connectivity index (χ1v) is 9.97. The lowest BCUT2D eigenvalue weighted by Crippen LogP contribution is -2.38. The summed E-state index contributed by atoms with van der Waals surface area (Å²) in [4.78, 5) is 36.4. The summed E-state index contributed by atoms with van der Waals surface area (Å²) >= 11 is 0. The fourth-order valence-electron chi connectivity index (χ4n) is 4.13. The van der Waals surface area contributed by atoms with Gasteiger partial charge in [-0.05, 0) is 38.5 Å². The number of rotatable bonds is 4. The molecule has 0 spiro atoms. The molecule has 8 heteroatoms. The quantitative estimate of drug-likeness (QED) is 0.241. The van der Waals surface area contributed by atoms with Crippen LogP contribution in [0.2, 0.25) is 0 Å². The van der Waals surface area contributed by atoms with Gasteiger partial charge in [0, 0.05) is 30.9 Å². The van der Waals surface area contributed by atoms with Gasteiger partial charge >= 0.3 is 17.9 Å². The molecule has 0 aromatic carbocycles. The van der Waals surface area contributed by atoms with Crippen LogP contribution in [0.5, 0.6) is 0 Å². The van der Waals surface area contributed by atoms with Crippen molar-refractivity contribution in [2.24, 2.45) is 5.92 Å². The van der Waals surface area contributed by atoms with Gasteiger partial charge in [-0.3, -0.25) is 4.79 Å². The molecule has 0 amide bonds. The molecule has 1 aliphatic carbocycles. The molecule has 1 N–H and O–H groups in total. The number of carbonyl (C=O) groups is 3. The topological polar surface area (TPSA) is 112 Å². The van der Waals surface area contributed by atoms with Crippen molar-refractivity contribution in [1.82, 2.24) is 0 Å². The van der Waals surface area contributed by atoms with E-state index in [1.807, 2.05) is 6.92 Å². The molecule has 30 heavy (non-hydrogen) atoms. The number of carbonyl (C=O) groups excluding carboxylic acids is 3. The van der Waals surface area contributed by atoms with Gasteiger partial charge in [-0.2, -0.15) is 0 Å². The summed E-state index contributed by atoms with van der Waals surface area (Å²) < 4.78 is 22.6.